The molecule has 7 nitrogen and oxygen atoms in total. The standard InChI is InChI=1S/C16H15N3O4/c1-16(2)15(21)14(19-6-4-3-5-13(19)20)9-7-10-11(18-23-17-10)8-12(9)22-16/h3-8,14-15,21H,1-2H3/t14-,15+/m1/s1. The zero-order chi connectivity index (χ0) is 16.2. The monoisotopic (exact) mass is 313 g/mol. The first-order valence-electron chi connectivity index (χ1n) is 7.28. The van der Waals surface area contributed by atoms with Gasteiger partial charge >= 0.3 is 0 Å². The fourth-order valence-corrected chi connectivity index (χ4v) is 3.01. The van der Waals surface area contributed by atoms with E-state index < -0.39 is 17.7 Å². The summed E-state index contributed by atoms with van der Waals surface area (Å²) in [5.41, 5.74) is 0.730. The highest BCUT2D eigenvalue weighted by Crippen LogP contribution is 2.42. The summed E-state index contributed by atoms with van der Waals surface area (Å²) in [4.78, 5) is 12.3. The first-order valence-corrected chi connectivity index (χ1v) is 7.28. The van der Waals surface area contributed by atoms with Gasteiger partial charge in [-0.2, -0.15) is 0 Å². The lowest BCUT2D eigenvalue weighted by molar-refractivity contribution is -0.0641. The number of pyridine rings is 1. The van der Waals surface area contributed by atoms with Crippen molar-refractivity contribution in [2.45, 2.75) is 31.6 Å². The van der Waals surface area contributed by atoms with Gasteiger partial charge in [0.15, 0.2) is 0 Å². The zero-order valence-electron chi connectivity index (χ0n) is 12.6. The minimum atomic E-state index is -0.910. The van der Waals surface area contributed by atoms with Crippen LogP contribution >= 0.6 is 0 Å². The lowest BCUT2D eigenvalue weighted by Crippen LogP contribution is -2.52. The van der Waals surface area contributed by atoms with Gasteiger partial charge < -0.3 is 14.4 Å². The second kappa shape index (κ2) is 4.66. The summed E-state index contributed by atoms with van der Waals surface area (Å²) in [5, 5.41) is 18.4. The molecule has 2 aromatic heterocycles. The highest BCUT2D eigenvalue weighted by atomic mass is 16.6. The smallest absolute Gasteiger partial charge is 0.251 e. The molecule has 0 saturated carbocycles. The Morgan fingerprint density at radius 1 is 1.22 bits per heavy atom. The molecule has 1 aliphatic rings. The first-order chi connectivity index (χ1) is 11.0. The van der Waals surface area contributed by atoms with E-state index in [0.717, 1.165) is 0 Å². The molecule has 0 amide bonds. The minimum Gasteiger partial charge on any atom is -0.485 e. The second-order valence-corrected chi connectivity index (χ2v) is 6.18. The molecule has 0 radical (unpaired) electrons. The van der Waals surface area contributed by atoms with Gasteiger partial charge in [0.05, 0.1) is 6.04 Å². The largest absolute Gasteiger partial charge is 0.485 e. The Balaban J connectivity index is 2.01. The van der Waals surface area contributed by atoms with Gasteiger partial charge in [-0.25, -0.2) is 4.63 Å². The van der Waals surface area contributed by atoms with E-state index in [1.54, 1.807) is 44.3 Å². The lowest BCUT2D eigenvalue weighted by Gasteiger charge is -2.42. The third kappa shape index (κ3) is 2.04. The van der Waals surface area contributed by atoms with Gasteiger partial charge in [-0.15, -0.1) is 0 Å². The maximum absolute atomic E-state index is 12.3. The van der Waals surface area contributed by atoms with E-state index in [1.165, 1.54) is 10.6 Å². The van der Waals surface area contributed by atoms with E-state index >= 15 is 0 Å². The molecule has 4 rings (SSSR count). The summed E-state index contributed by atoms with van der Waals surface area (Å²) in [6.45, 7) is 3.57. The number of nitrogens with zero attached hydrogens (tertiary/aromatic N) is 3. The number of aliphatic hydroxyl groups is 1. The van der Waals surface area contributed by atoms with Crippen molar-refractivity contribution in [1.82, 2.24) is 14.9 Å². The van der Waals surface area contributed by atoms with Gasteiger partial charge in [0, 0.05) is 23.9 Å². The summed E-state index contributed by atoms with van der Waals surface area (Å²) in [6.07, 6.45) is 0.750. The van der Waals surface area contributed by atoms with Crippen molar-refractivity contribution in [2.24, 2.45) is 0 Å². The summed E-state index contributed by atoms with van der Waals surface area (Å²) in [5.74, 6) is 0.559. The van der Waals surface area contributed by atoms with Crippen LogP contribution in [0.1, 0.15) is 25.5 Å². The predicted octanol–water partition coefficient (Wildman–Crippen LogP) is 1.51. The molecule has 0 spiro atoms. The molecule has 1 N–H and O–H groups in total. The van der Waals surface area contributed by atoms with Crippen LogP contribution in [0.25, 0.3) is 11.0 Å². The molecule has 0 saturated heterocycles. The molecule has 23 heavy (non-hydrogen) atoms. The van der Waals surface area contributed by atoms with Gasteiger partial charge in [0.25, 0.3) is 5.56 Å². The first kappa shape index (κ1) is 14.0. The number of benzene rings is 1. The second-order valence-electron chi connectivity index (χ2n) is 6.18. The van der Waals surface area contributed by atoms with Gasteiger partial charge in [-0.1, -0.05) is 6.07 Å². The zero-order valence-corrected chi connectivity index (χ0v) is 12.6. The molecule has 1 aromatic carbocycles. The van der Waals surface area contributed by atoms with Crippen LogP contribution in [0.2, 0.25) is 0 Å². The SMILES string of the molecule is CC1(C)Oc2cc3nonc3cc2[C@@H](n2ccccc2=O)[C@@H]1O. The Labute approximate surface area is 131 Å². The van der Waals surface area contributed by atoms with Gasteiger partial charge in [-0.3, -0.25) is 4.79 Å². The molecule has 7 heteroatoms. The van der Waals surface area contributed by atoms with Crippen molar-refractivity contribution in [3.8, 4) is 5.75 Å². The van der Waals surface area contributed by atoms with Crippen LogP contribution in [0, 0.1) is 0 Å². The molecule has 3 aromatic rings. The fraction of sp³-hybridized carbons (Fsp3) is 0.312. The van der Waals surface area contributed by atoms with E-state index in [0.29, 0.717) is 22.3 Å². The van der Waals surface area contributed by atoms with Crippen LogP contribution < -0.4 is 10.3 Å². The summed E-state index contributed by atoms with van der Waals surface area (Å²) < 4.78 is 12.2. The molecule has 0 fully saturated rings. The van der Waals surface area contributed by atoms with Crippen molar-refractivity contribution < 1.29 is 14.5 Å². The van der Waals surface area contributed by atoms with E-state index in [2.05, 4.69) is 10.3 Å². The molecule has 1 aliphatic heterocycles. The normalized spacial score (nSPS) is 22.6. The summed E-state index contributed by atoms with van der Waals surface area (Å²) in [6, 6.07) is 7.77. The number of aromatic nitrogens is 3. The average molecular weight is 313 g/mol. The maximum atomic E-state index is 12.3. The van der Waals surface area contributed by atoms with E-state index in [9.17, 15) is 9.90 Å². The quantitative estimate of drug-likeness (QED) is 0.732. The Bertz CT molecular complexity index is 944. The maximum Gasteiger partial charge on any atom is 0.251 e. The van der Waals surface area contributed by atoms with Crippen LogP contribution in [0.5, 0.6) is 5.75 Å². The van der Waals surface area contributed by atoms with Crippen LogP contribution in [0.3, 0.4) is 0 Å². The van der Waals surface area contributed by atoms with Crippen molar-refractivity contribution in [1.29, 1.82) is 0 Å². The number of aliphatic hydroxyl groups excluding tert-OH is 1. The van der Waals surface area contributed by atoms with Crippen LogP contribution in [-0.2, 0) is 0 Å². The molecular weight excluding hydrogens is 298 g/mol. The molecule has 0 aliphatic carbocycles. The number of hydrogen-bond acceptors (Lipinski definition) is 6. The number of ether oxygens (including phenoxy) is 1. The lowest BCUT2D eigenvalue weighted by atomic mass is 9.86. The van der Waals surface area contributed by atoms with Crippen molar-refractivity contribution >= 4 is 11.0 Å². The average Bonchev–Trinajstić information content (AvgIpc) is 2.95. The van der Waals surface area contributed by atoms with Crippen LogP contribution in [0.15, 0.2) is 46.0 Å². The van der Waals surface area contributed by atoms with E-state index in [-0.39, 0.29) is 5.56 Å². The Hall–Kier alpha value is -2.67. The Kier molecular flexibility index (Phi) is 2.83. The molecule has 3 heterocycles. The number of hydrogen-bond donors (Lipinski definition) is 1. The summed E-state index contributed by atoms with van der Waals surface area (Å²) in [7, 11) is 0. The van der Waals surface area contributed by atoms with E-state index in [4.69, 9.17) is 9.37 Å². The highest BCUT2D eigenvalue weighted by Gasteiger charge is 2.44. The van der Waals surface area contributed by atoms with Gasteiger partial charge in [0.1, 0.15) is 28.5 Å². The number of fused-ring (bicyclic) bond motifs is 2. The van der Waals surface area contributed by atoms with Crippen molar-refractivity contribution in [3.63, 3.8) is 0 Å². The van der Waals surface area contributed by atoms with Gasteiger partial charge in [-0.05, 0) is 36.3 Å². The molecule has 0 unspecified atom stereocenters. The fourth-order valence-electron chi connectivity index (χ4n) is 3.01. The topological polar surface area (TPSA) is 90.4 Å². The predicted molar refractivity (Wildman–Crippen MR) is 81.4 cm³/mol. The van der Waals surface area contributed by atoms with Gasteiger partial charge in [0.2, 0.25) is 0 Å². The molecule has 2 atom stereocenters. The Morgan fingerprint density at radius 3 is 2.70 bits per heavy atom. The molecular formula is C16H15N3O4. The van der Waals surface area contributed by atoms with Crippen molar-refractivity contribution in [3.05, 3.63) is 52.4 Å². The third-order valence-electron chi connectivity index (χ3n) is 4.24. The third-order valence-corrected chi connectivity index (χ3v) is 4.24. The highest BCUT2D eigenvalue weighted by molar-refractivity contribution is 5.77. The van der Waals surface area contributed by atoms with Crippen LogP contribution in [0.4, 0.5) is 0 Å². The molecule has 0 bridgehead atoms. The van der Waals surface area contributed by atoms with E-state index in [1.807, 2.05) is 0 Å². The molecule has 118 valence electrons. The van der Waals surface area contributed by atoms with Crippen LogP contribution in [-0.4, -0.2) is 31.7 Å². The number of rotatable bonds is 1. The Morgan fingerprint density at radius 2 is 1.96 bits per heavy atom. The summed E-state index contributed by atoms with van der Waals surface area (Å²) >= 11 is 0. The van der Waals surface area contributed by atoms with Crippen molar-refractivity contribution in [2.75, 3.05) is 0 Å². The minimum absolute atomic E-state index is 0.196.